The molecule has 0 saturated carbocycles. The highest BCUT2D eigenvalue weighted by atomic mass is 16.5. The molecule has 1 aliphatic rings. The van der Waals surface area contributed by atoms with Crippen molar-refractivity contribution in [2.24, 2.45) is 10.9 Å². The molecule has 1 aromatic rings. The Labute approximate surface area is 93.5 Å². The van der Waals surface area contributed by atoms with E-state index in [1.54, 1.807) is 12.1 Å². The molecule has 0 aromatic heterocycles. The van der Waals surface area contributed by atoms with Crippen molar-refractivity contribution in [3.63, 3.8) is 0 Å². The summed E-state index contributed by atoms with van der Waals surface area (Å²) in [6.45, 7) is 1.31. The molecule has 5 heteroatoms. The van der Waals surface area contributed by atoms with Crippen molar-refractivity contribution in [1.82, 2.24) is 0 Å². The second kappa shape index (κ2) is 4.85. The van der Waals surface area contributed by atoms with Gasteiger partial charge in [-0.2, -0.15) is 0 Å². The van der Waals surface area contributed by atoms with Gasteiger partial charge in [0, 0.05) is 6.42 Å². The van der Waals surface area contributed by atoms with E-state index >= 15 is 0 Å². The summed E-state index contributed by atoms with van der Waals surface area (Å²) in [5, 5.41) is 11.6. The molecule has 1 unspecified atom stereocenters. The maximum absolute atomic E-state index is 8.66. The number of nitrogens with zero attached hydrogens (tertiary/aromatic N) is 1. The minimum absolute atomic E-state index is 0.0487. The predicted octanol–water partition coefficient (Wildman–Crippen LogP) is 0.949. The van der Waals surface area contributed by atoms with E-state index in [9.17, 15) is 0 Å². The van der Waals surface area contributed by atoms with Crippen LogP contribution in [0.4, 0.5) is 0 Å². The molecule has 1 saturated heterocycles. The van der Waals surface area contributed by atoms with Gasteiger partial charge in [0.1, 0.15) is 11.9 Å². The van der Waals surface area contributed by atoms with E-state index in [1.807, 2.05) is 12.1 Å². The molecule has 1 aromatic carbocycles. The third-order valence-corrected chi connectivity index (χ3v) is 2.45. The molecule has 1 atom stereocenters. The van der Waals surface area contributed by atoms with E-state index in [0.717, 1.165) is 13.0 Å². The summed E-state index contributed by atoms with van der Waals surface area (Å²) in [4.78, 5) is 0. The summed E-state index contributed by atoms with van der Waals surface area (Å²) in [5.74, 6) is 0.669. The fraction of sp³-hybridized carbons (Fsp3) is 0.364. The van der Waals surface area contributed by atoms with E-state index in [2.05, 4.69) is 5.16 Å². The van der Waals surface area contributed by atoms with E-state index < -0.39 is 0 Å². The van der Waals surface area contributed by atoms with Crippen LogP contribution in [0.25, 0.3) is 0 Å². The second-order valence-corrected chi connectivity index (χ2v) is 3.58. The zero-order valence-electron chi connectivity index (χ0n) is 8.80. The average Bonchev–Trinajstić information content (AvgIpc) is 2.82. The molecule has 1 heterocycles. The first-order chi connectivity index (χ1) is 7.81. The van der Waals surface area contributed by atoms with Crippen molar-refractivity contribution < 1.29 is 14.7 Å². The van der Waals surface area contributed by atoms with Gasteiger partial charge in [0.15, 0.2) is 5.84 Å². The lowest BCUT2D eigenvalue weighted by Gasteiger charge is -2.14. The van der Waals surface area contributed by atoms with Crippen molar-refractivity contribution in [3.05, 3.63) is 29.8 Å². The molecular weight excluding hydrogens is 208 g/mol. The first-order valence-electron chi connectivity index (χ1n) is 5.12. The van der Waals surface area contributed by atoms with Gasteiger partial charge in [0.05, 0.1) is 18.8 Å². The van der Waals surface area contributed by atoms with Crippen molar-refractivity contribution >= 4 is 5.84 Å². The molecular formula is C11H14N2O3. The average molecular weight is 222 g/mol. The number of hydrogen-bond donors (Lipinski definition) is 2. The van der Waals surface area contributed by atoms with Gasteiger partial charge in [-0.3, -0.25) is 0 Å². The number of nitrogens with two attached hydrogens (primary N) is 1. The topological polar surface area (TPSA) is 77.1 Å². The largest absolute Gasteiger partial charge is 0.487 e. The third-order valence-electron chi connectivity index (χ3n) is 2.45. The number of rotatable bonds is 3. The fourth-order valence-electron chi connectivity index (χ4n) is 1.62. The summed E-state index contributed by atoms with van der Waals surface area (Å²) in [5.41, 5.74) is 6.15. The van der Waals surface area contributed by atoms with E-state index in [0.29, 0.717) is 17.9 Å². The quantitative estimate of drug-likeness (QED) is 0.345. The van der Waals surface area contributed by atoms with Crippen LogP contribution in [0.15, 0.2) is 29.4 Å². The summed E-state index contributed by atoms with van der Waals surface area (Å²) in [7, 11) is 0. The molecule has 2 rings (SSSR count). The summed E-state index contributed by atoms with van der Waals surface area (Å²) in [6, 6.07) is 7.20. The molecule has 1 fully saturated rings. The normalized spacial score (nSPS) is 21.0. The third kappa shape index (κ3) is 2.25. The zero-order valence-corrected chi connectivity index (χ0v) is 8.80. The Morgan fingerprint density at radius 1 is 1.50 bits per heavy atom. The molecule has 0 aliphatic carbocycles. The Morgan fingerprint density at radius 2 is 2.31 bits per heavy atom. The lowest BCUT2D eigenvalue weighted by molar-refractivity contribution is 0.141. The Balaban J connectivity index is 2.19. The number of ether oxygens (including phenoxy) is 2. The van der Waals surface area contributed by atoms with Crippen LogP contribution in [0.3, 0.4) is 0 Å². The molecule has 16 heavy (non-hydrogen) atoms. The zero-order chi connectivity index (χ0) is 11.4. The number of hydrogen-bond acceptors (Lipinski definition) is 4. The standard InChI is InChI=1S/C11H14N2O3/c12-11(13-14)9-3-1-2-4-10(9)16-8-5-6-15-7-8/h1-4,8,14H,5-7H2,(H2,12,13). The molecule has 86 valence electrons. The Hall–Kier alpha value is -1.75. The predicted molar refractivity (Wildman–Crippen MR) is 58.8 cm³/mol. The van der Waals surface area contributed by atoms with Crippen molar-refractivity contribution in [2.45, 2.75) is 12.5 Å². The van der Waals surface area contributed by atoms with Gasteiger partial charge in [0.2, 0.25) is 0 Å². The van der Waals surface area contributed by atoms with Gasteiger partial charge in [-0.25, -0.2) is 0 Å². The summed E-state index contributed by atoms with van der Waals surface area (Å²) < 4.78 is 11.0. The first kappa shape index (κ1) is 10.8. The van der Waals surface area contributed by atoms with Crippen LogP contribution < -0.4 is 10.5 Å². The van der Waals surface area contributed by atoms with Crippen molar-refractivity contribution in [3.8, 4) is 5.75 Å². The van der Waals surface area contributed by atoms with Gasteiger partial charge in [0.25, 0.3) is 0 Å². The highest BCUT2D eigenvalue weighted by Crippen LogP contribution is 2.21. The molecule has 0 spiro atoms. The van der Waals surface area contributed by atoms with Crippen LogP contribution in [0.2, 0.25) is 0 Å². The minimum Gasteiger partial charge on any atom is -0.487 e. The van der Waals surface area contributed by atoms with Crippen LogP contribution >= 0.6 is 0 Å². The van der Waals surface area contributed by atoms with Crippen LogP contribution in [0, 0.1) is 0 Å². The molecule has 1 aliphatic heterocycles. The van der Waals surface area contributed by atoms with Gasteiger partial charge in [-0.1, -0.05) is 17.3 Å². The fourth-order valence-corrected chi connectivity index (χ4v) is 1.62. The van der Waals surface area contributed by atoms with Gasteiger partial charge in [-0.15, -0.1) is 0 Å². The maximum Gasteiger partial charge on any atom is 0.173 e. The highest BCUT2D eigenvalue weighted by Gasteiger charge is 2.19. The number of oxime groups is 1. The molecule has 0 radical (unpaired) electrons. The number of para-hydroxylation sites is 1. The summed E-state index contributed by atoms with van der Waals surface area (Å²) >= 11 is 0. The van der Waals surface area contributed by atoms with Crippen molar-refractivity contribution in [2.75, 3.05) is 13.2 Å². The smallest absolute Gasteiger partial charge is 0.173 e. The van der Waals surface area contributed by atoms with Gasteiger partial charge >= 0.3 is 0 Å². The monoisotopic (exact) mass is 222 g/mol. The van der Waals surface area contributed by atoms with E-state index in [-0.39, 0.29) is 11.9 Å². The Bertz CT molecular complexity index is 387. The lowest BCUT2D eigenvalue weighted by Crippen LogP contribution is -2.20. The van der Waals surface area contributed by atoms with Crippen molar-refractivity contribution in [1.29, 1.82) is 0 Å². The summed E-state index contributed by atoms with van der Waals surface area (Å²) in [6.07, 6.45) is 0.914. The van der Waals surface area contributed by atoms with E-state index in [4.69, 9.17) is 20.4 Å². The SMILES string of the molecule is NC(=NO)c1ccccc1OC1CCOC1. The van der Waals surface area contributed by atoms with Gasteiger partial charge in [-0.05, 0) is 12.1 Å². The second-order valence-electron chi connectivity index (χ2n) is 3.58. The Kier molecular flexibility index (Phi) is 3.26. The van der Waals surface area contributed by atoms with Crippen LogP contribution in [0.5, 0.6) is 5.75 Å². The van der Waals surface area contributed by atoms with Crippen LogP contribution in [-0.4, -0.2) is 30.4 Å². The number of amidine groups is 1. The lowest BCUT2D eigenvalue weighted by atomic mass is 10.2. The maximum atomic E-state index is 8.66. The van der Waals surface area contributed by atoms with Crippen LogP contribution in [0.1, 0.15) is 12.0 Å². The molecule has 5 nitrogen and oxygen atoms in total. The minimum atomic E-state index is 0.0487. The molecule has 0 bridgehead atoms. The molecule has 0 amide bonds. The highest BCUT2D eigenvalue weighted by molar-refractivity contribution is 5.99. The number of benzene rings is 1. The molecule has 3 N–H and O–H groups in total. The van der Waals surface area contributed by atoms with E-state index in [1.165, 1.54) is 0 Å². The first-order valence-corrected chi connectivity index (χ1v) is 5.12. The Morgan fingerprint density at radius 3 is 3.00 bits per heavy atom. The van der Waals surface area contributed by atoms with Gasteiger partial charge < -0.3 is 20.4 Å². The van der Waals surface area contributed by atoms with Crippen LogP contribution in [-0.2, 0) is 4.74 Å².